The second kappa shape index (κ2) is 14.0. The number of hydrogen-bond acceptors (Lipinski definition) is 6. The number of allylic oxidation sites excluding steroid dienone is 1. The van der Waals surface area contributed by atoms with Gasteiger partial charge in [-0.2, -0.15) is 0 Å². The zero-order valence-electron chi connectivity index (χ0n) is 27.9. The van der Waals surface area contributed by atoms with Gasteiger partial charge in [-0.05, 0) is 117 Å². The van der Waals surface area contributed by atoms with E-state index in [9.17, 15) is 4.79 Å². The fraction of sp³-hybridized carbons (Fsp3) is 0.861. The molecule has 7 heteroatoms. The third-order valence-electron chi connectivity index (χ3n) is 12.5. The van der Waals surface area contributed by atoms with E-state index in [0.29, 0.717) is 25.0 Å². The molecular formula is C36H60N4O3. The summed E-state index contributed by atoms with van der Waals surface area (Å²) in [5, 5.41) is 8.32. The van der Waals surface area contributed by atoms with Gasteiger partial charge >= 0.3 is 6.16 Å². The number of rotatable bonds is 13. The van der Waals surface area contributed by atoms with Crippen LogP contribution < -0.4 is 5.73 Å². The van der Waals surface area contributed by atoms with Crippen LogP contribution in [-0.2, 0) is 22.4 Å². The number of nitrogens with two attached hydrogens (primary N) is 1. The van der Waals surface area contributed by atoms with E-state index in [0.717, 1.165) is 79.9 Å². The molecule has 0 aliphatic heterocycles. The molecule has 0 bridgehead atoms. The predicted octanol–water partition coefficient (Wildman–Crippen LogP) is 8.12. The summed E-state index contributed by atoms with van der Waals surface area (Å²) in [6.07, 6.45) is 20.2. The molecule has 0 radical (unpaired) electrons. The van der Waals surface area contributed by atoms with Gasteiger partial charge in [0, 0.05) is 19.2 Å². The van der Waals surface area contributed by atoms with Gasteiger partial charge in [-0.25, -0.2) is 4.79 Å². The van der Waals surface area contributed by atoms with Crippen LogP contribution in [0, 0.1) is 46.3 Å². The first kappa shape index (κ1) is 32.5. The minimum atomic E-state index is -0.526. The molecule has 1 heterocycles. The zero-order valence-corrected chi connectivity index (χ0v) is 27.9. The number of ether oxygens (including phenoxy) is 2. The van der Waals surface area contributed by atoms with Crippen LogP contribution in [0.4, 0.5) is 4.79 Å². The van der Waals surface area contributed by atoms with Crippen LogP contribution in [0.5, 0.6) is 0 Å². The highest BCUT2D eigenvalue weighted by Gasteiger charge is 2.59. The van der Waals surface area contributed by atoms with E-state index < -0.39 is 6.16 Å². The van der Waals surface area contributed by atoms with Crippen molar-refractivity contribution in [2.75, 3.05) is 13.2 Å². The van der Waals surface area contributed by atoms with Gasteiger partial charge in [-0.3, -0.25) is 4.68 Å². The standard InChI is InChI=1S/C36H60N4O3/c1-25(2)9-6-10-26(3)31-14-15-32-30-13-12-27-23-29(16-18-35(27,4)33(30)17-19-36(31,32)5)43-34(41)42-22-7-11-28-24-40(39-38-28)21-8-20-37/h12,24-26,29-33H,6-11,13-23,37H2,1-5H3/t26?,29-,30?,31?,32?,33?,35-,36+/m0/s1. The maximum absolute atomic E-state index is 12.5. The van der Waals surface area contributed by atoms with Gasteiger partial charge in [-0.15, -0.1) is 5.10 Å². The molecule has 2 N–H and O–H groups in total. The Bertz CT molecular complexity index is 1100. The molecule has 0 aromatic carbocycles. The van der Waals surface area contributed by atoms with Crippen molar-refractivity contribution in [2.45, 2.75) is 137 Å². The Hall–Kier alpha value is -1.89. The smallest absolute Gasteiger partial charge is 0.434 e. The largest absolute Gasteiger partial charge is 0.508 e. The molecule has 242 valence electrons. The molecule has 0 saturated heterocycles. The van der Waals surface area contributed by atoms with Crippen molar-refractivity contribution in [1.82, 2.24) is 15.0 Å². The molecule has 1 aromatic rings. The fourth-order valence-corrected chi connectivity index (χ4v) is 10.1. The number of aryl methyl sites for hydroxylation is 2. The van der Waals surface area contributed by atoms with Crippen LogP contribution in [0.1, 0.15) is 124 Å². The van der Waals surface area contributed by atoms with Crippen LogP contribution in [-0.4, -0.2) is 40.4 Å². The Morgan fingerprint density at radius 3 is 2.70 bits per heavy atom. The molecule has 1 aromatic heterocycles. The minimum absolute atomic E-state index is 0.0674. The quantitative estimate of drug-likeness (QED) is 0.140. The van der Waals surface area contributed by atoms with Crippen LogP contribution in [0.3, 0.4) is 0 Å². The topological polar surface area (TPSA) is 92.3 Å². The van der Waals surface area contributed by atoms with Gasteiger partial charge in [-0.1, -0.05) is 70.7 Å². The van der Waals surface area contributed by atoms with E-state index in [4.69, 9.17) is 15.2 Å². The highest BCUT2D eigenvalue weighted by Crippen LogP contribution is 2.67. The van der Waals surface area contributed by atoms with E-state index in [1.165, 1.54) is 51.4 Å². The third-order valence-corrected chi connectivity index (χ3v) is 12.5. The van der Waals surface area contributed by atoms with Crippen molar-refractivity contribution in [3.05, 3.63) is 23.5 Å². The number of aromatic nitrogens is 3. The summed E-state index contributed by atoms with van der Waals surface area (Å²) in [5.41, 5.74) is 8.81. The first-order valence-electron chi connectivity index (χ1n) is 17.8. The zero-order chi connectivity index (χ0) is 30.6. The monoisotopic (exact) mass is 596 g/mol. The van der Waals surface area contributed by atoms with Gasteiger partial charge in [0.25, 0.3) is 0 Å². The Morgan fingerprint density at radius 1 is 1.07 bits per heavy atom. The van der Waals surface area contributed by atoms with Gasteiger partial charge < -0.3 is 15.2 Å². The average Bonchev–Trinajstić information content (AvgIpc) is 3.58. The van der Waals surface area contributed by atoms with Crippen LogP contribution in [0.15, 0.2) is 17.8 Å². The molecule has 4 aliphatic rings. The first-order chi connectivity index (χ1) is 20.6. The van der Waals surface area contributed by atoms with Crippen LogP contribution in [0.2, 0.25) is 0 Å². The Balaban J connectivity index is 1.10. The molecule has 3 saturated carbocycles. The molecule has 43 heavy (non-hydrogen) atoms. The van der Waals surface area contributed by atoms with Crippen molar-refractivity contribution < 1.29 is 14.3 Å². The number of carbonyl (C=O) groups excluding carboxylic acids is 1. The lowest BCUT2D eigenvalue weighted by Crippen LogP contribution is -2.51. The summed E-state index contributed by atoms with van der Waals surface area (Å²) >= 11 is 0. The summed E-state index contributed by atoms with van der Waals surface area (Å²) in [7, 11) is 0. The lowest BCUT2D eigenvalue weighted by Gasteiger charge is -2.58. The van der Waals surface area contributed by atoms with E-state index in [1.54, 1.807) is 5.57 Å². The lowest BCUT2D eigenvalue weighted by molar-refractivity contribution is -0.0617. The molecule has 3 fully saturated rings. The van der Waals surface area contributed by atoms with Crippen molar-refractivity contribution in [3.63, 3.8) is 0 Å². The predicted molar refractivity (Wildman–Crippen MR) is 171 cm³/mol. The number of carbonyl (C=O) groups is 1. The Labute approximate surface area is 261 Å². The second-order valence-electron chi connectivity index (χ2n) is 15.6. The Morgan fingerprint density at radius 2 is 1.91 bits per heavy atom. The summed E-state index contributed by atoms with van der Waals surface area (Å²) in [6.45, 7) is 14.3. The number of nitrogens with zero attached hydrogens (tertiary/aromatic N) is 3. The van der Waals surface area contributed by atoms with Crippen molar-refractivity contribution in [1.29, 1.82) is 0 Å². The molecule has 5 rings (SSSR count). The molecule has 0 spiro atoms. The van der Waals surface area contributed by atoms with E-state index >= 15 is 0 Å². The van der Waals surface area contributed by atoms with Gasteiger partial charge in [0.1, 0.15) is 6.10 Å². The molecular weight excluding hydrogens is 536 g/mol. The van der Waals surface area contributed by atoms with Gasteiger partial charge in [0.2, 0.25) is 0 Å². The van der Waals surface area contributed by atoms with Crippen LogP contribution in [0.25, 0.3) is 0 Å². The lowest BCUT2D eigenvalue weighted by atomic mass is 9.47. The third kappa shape index (κ3) is 7.17. The summed E-state index contributed by atoms with van der Waals surface area (Å²) in [5.74, 6) is 5.05. The summed E-state index contributed by atoms with van der Waals surface area (Å²) < 4.78 is 13.1. The normalized spacial score (nSPS) is 34.2. The SMILES string of the molecule is CC(C)CCCC(C)C1CCC2C3CC=C4C[C@@H](OC(=O)OCCCc5cn(CCCN)nn5)CC[C@]4(C)C3CC[C@]12C. The maximum Gasteiger partial charge on any atom is 0.508 e. The minimum Gasteiger partial charge on any atom is -0.434 e. The van der Waals surface area contributed by atoms with E-state index in [-0.39, 0.29) is 11.5 Å². The highest BCUT2D eigenvalue weighted by molar-refractivity contribution is 5.60. The van der Waals surface area contributed by atoms with Crippen molar-refractivity contribution >= 4 is 6.16 Å². The Kier molecular flexibility index (Phi) is 10.6. The second-order valence-corrected chi connectivity index (χ2v) is 15.6. The summed E-state index contributed by atoms with van der Waals surface area (Å²) in [6, 6.07) is 0. The van der Waals surface area contributed by atoms with Crippen molar-refractivity contribution in [2.24, 2.45) is 52.1 Å². The van der Waals surface area contributed by atoms with Crippen LogP contribution >= 0.6 is 0 Å². The molecule has 4 aliphatic carbocycles. The van der Waals surface area contributed by atoms with E-state index in [1.807, 2.05) is 10.9 Å². The molecule has 8 atom stereocenters. The van der Waals surface area contributed by atoms with Gasteiger partial charge in [0.15, 0.2) is 0 Å². The van der Waals surface area contributed by atoms with Gasteiger partial charge in [0.05, 0.1) is 12.3 Å². The van der Waals surface area contributed by atoms with Crippen molar-refractivity contribution in [3.8, 4) is 0 Å². The summed E-state index contributed by atoms with van der Waals surface area (Å²) in [4.78, 5) is 12.5. The number of fused-ring (bicyclic) bond motifs is 5. The molecule has 0 amide bonds. The number of hydrogen-bond donors (Lipinski definition) is 1. The van der Waals surface area contributed by atoms with E-state index in [2.05, 4.69) is 51.0 Å². The molecule has 7 nitrogen and oxygen atoms in total. The molecule has 5 unspecified atom stereocenters. The highest BCUT2D eigenvalue weighted by atomic mass is 16.7. The maximum atomic E-state index is 12.5. The fourth-order valence-electron chi connectivity index (χ4n) is 10.1. The first-order valence-corrected chi connectivity index (χ1v) is 17.8. The average molecular weight is 597 g/mol.